The summed E-state index contributed by atoms with van der Waals surface area (Å²) in [7, 11) is 0. The average Bonchev–Trinajstić information content (AvgIpc) is 2.90. The van der Waals surface area contributed by atoms with E-state index < -0.39 is 22.7 Å². The second-order valence-corrected chi connectivity index (χ2v) is 12.9. The Morgan fingerprint density at radius 3 is 2.21 bits per heavy atom. The zero-order valence-electron chi connectivity index (χ0n) is 23.3. The molecular weight excluding hydrogens is 480 g/mol. The predicted molar refractivity (Wildman–Crippen MR) is 147 cm³/mol. The molecule has 6 heteroatoms. The van der Waals surface area contributed by atoms with Crippen molar-refractivity contribution in [3.05, 3.63) is 68.9 Å². The van der Waals surface area contributed by atoms with Gasteiger partial charge < -0.3 is 24.8 Å². The van der Waals surface area contributed by atoms with Crippen molar-refractivity contribution in [3.8, 4) is 23.0 Å². The molecule has 0 aromatic heterocycles. The Kier molecular flexibility index (Phi) is 6.33. The maximum absolute atomic E-state index is 12.5. The molecule has 2 heterocycles. The van der Waals surface area contributed by atoms with Crippen molar-refractivity contribution >= 4 is 0 Å². The van der Waals surface area contributed by atoms with Gasteiger partial charge in [-0.05, 0) is 93.2 Å². The molecule has 3 N–H and O–H groups in total. The van der Waals surface area contributed by atoms with Crippen molar-refractivity contribution < 1.29 is 24.8 Å². The van der Waals surface area contributed by atoms with Crippen LogP contribution in [0.3, 0.4) is 0 Å². The van der Waals surface area contributed by atoms with Crippen LogP contribution in [0.25, 0.3) is 0 Å². The van der Waals surface area contributed by atoms with Gasteiger partial charge in [0.2, 0.25) is 5.43 Å². The van der Waals surface area contributed by atoms with Gasteiger partial charge in [-0.2, -0.15) is 0 Å². The summed E-state index contributed by atoms with van der Waals surface area (Å²) < 4.78 is 13.3. The number of aryl methyl sites for hydroxylation is 2. The summed E-state index contributed by atoms with van der Waals surface area (Å²) >= 11 is 0. The topological polar surface area (TPSA) is 96.2 Å². The summed E-state index contributed by atoms with van der Waals surface area (Å²) in [5.74, 6) is 1.00. The third-order valence-electron chi connectivity index (χ3n) is 9.34. The fraction of sp³-hybridized carbons (Fsp3) is 0.531. The maximum Gasteiger partial charge on any atom is 0.223 e. The van der Waals surface area contributed by atoms with Crippen LogP contribution in [0.5, 0.6) is 23.0 Å². The Morgan fingerprint density at radius 2 is 1.50 bits per heavy atom. The molecule has 2 aliphatic heterocycles. The summed E-state index contributed by atoms with van der Waals surface area (Å²) in [5, 5.41) is 32.4. The van der Waals surface area contributed by atoms with Crippen LogP contribution < -0.4 is 14.9 Å². The lowest BCUT2D eigenvalue weighted by molar-refractivity contribution is -0.117. The summed E-state index contributed by atoms with van der Waals surface area (Å²) in [6.45, 7) is 12.3. The molecule has 5 atom stereocenters. The molecule has 0 fully saturated rings. The smallest absolute Gasteiger partial charge is 0.223 e. The quantitative estimate of drug-likeness (QED) is 0.396. The van der Waals surface area contributed by atoms with Gasteiger partial charge in [0.1, 0.15) is 28.5 Å². The Labute approximate surface area is 224 Å². The largest absolute Gasteiger partial charge is 0.508 e. The molecule has 5 unspecified atom stereocenters. The highest BCUT2D eigenvalue weighted by atomic mass is 16.5. The van der Waals surface area contributed by atoms with E-state index in [-0.39, 0.29) is 28.7 Å². The molecule has 0 saturated carbocycles. The van der Waals surface area contributed by atoms with Crippen LogP contribution >= 0.6 is 0 Å². The van der Waals surface area contributed by atoms with Gasteiger partial charge in [-0.25, -0.2) is 0 Å². The fourth-order valence-electron chi connectivity index (χ4n) is 6.85. The van der Waals surface area contributed by atoms with Gasteiger partial charge in [0.05, 0.1) is 6.10 Å². The van der Waals surface area contributed by atoms with Gasteiger partial charge >= 0.3 is 0 Å². The average molecular weight is 521 g/mol. The van der Waals surface area contributed by atoms with E-state index in [0.29, 0.717) is 30.8 Å². The lowest BCUT2D eigenvalue weighted by Gasteiger charge is -2.49. The summed E-state index contributed by atoms with van der Waals surface area (Å²) in [4.78, 5) is 12.5. The molecule has 1 aliphatic carbocycles. The minimum Gasteiger partial charge on any atom is -0.508 e. The number of hydrogen-bond donors (Lipinski definition) is 3. The monoisotopic (exact) mass is 520 g/mol. The molecule has 38 heavy (non-hydrogen) atoms. The number of allylic oxidation sites excluding steroid dienone is 1. The highest BCUT2D eigenvalue weighted by Crippen LogP contribution is 2.50. The van der Waals surface area contributed by atoms with E-state index in [4.69, 9.17) is 9.47 Å². The number of aromatic hydroxyl groups is 2. The Morgan fingerprint density at radius 1 is 0.868 bits per heavy atom. The van der Waals surface area contributed by atoms with Crippen LogP contribution in [0.4, 0.5) is 0 Å². The van der Waals surface area contributed by atoms with E-state index >= 15 is 0 Å². The van der Waals surface area contributed by atoms with E-state index in [1.165, 1.54) is 12.1 Å². The number of aliphatic hydroxyl groups is 1. The molecule has 0 spiro atoms. The maximum atomic E-state index is 12.5. The van der Waals surface area contributed by atoms with E-state index in [0.717, 1.165) is 35.1 Å². The second-order valence-electron chi connectivity index (χ2n) is 12.9. The van der Waals surface area contributed by atoms with Gasteiger partial charge in [-0.15, -0.1) is 0 Å². The molecule has 2 aromatic carbocycles. The minimum atomic E-state index is -0.948. The number of ether oxygens (including phenoxy) is 2. The summed E-state index contributed by atoms with van der Waals surface area (Å²) in [5.41, 5.74) is 1.54. The minimum absolute atomic E-state index is 0.00527. The number of fused-ring (bicyclic) bond motifs is 4. The molecule has 3 aliphatic rings. The summed E-state index contributed by atoms with van der Waals surface area (Å²) in [6.07, 6.45) is 6.90. The first kappa shape index (κ1) is 26.6. The molecule has 6 nitrogen and oxygen atoms in total. The molecule has 0 bridgehead atoms. The lowest BCUT2D eigenvalue weighted by atomic mass is 9.67. The zero-order valence-corrected chi connectivity index (χ0v) is 23.3. The highest BCUT2D eigenvalue weighted by Gasteiger charge is 2.51. The fourth-order valence-corrected chi connectivity index (χ4v) is 6.85. The third-order valence-corrected chi connectivity index (χ3v) is 9.34. The highest BCUT2D eigenvalue weighted by molar-refractivity contribution is 5.48. The van der Waals surface area contributed by atoms with Crippen molar-refractivity contribution in [2.24, 2.45) is 17.3 Å². The SMILES string of the molecule is Cc1cc(O)cc2c1CC1CC(O)C3(C)Oc4cc(=O)c(O)cc(C)c4CC3CC(C)(C)C=CCC1(C)O2. The van der Waals surface area contributed by atoms with Crippen molar-refractivity contribution in [2.75, 3.05) is 0 Å². The van der Waals surface area contributed by atoms with Crippen molar-refractivity contribution in [3.63, 3.8) is 0 Å². The first-order chi connectivity index (χ1) is 17.7. The van der Waals surface area contributed by atoms with Gasteiger partial charge in [0, 0.05) is 30.4 Å². The predicted octanol–water partition coefficient (Wildman–Crippen LogP) is 5.52. The number of phenols is 1. The van der Waals surface area contributed by atoms with Gasteiger partial charge in [0.25, 0.3) is 0 Å². The molecule has 5 rings (SSSR count). The molecule has 0 radical (unpaired) electrons. The van der Waals surface area contributed by atoms with Crippen molar-refractivity contribution in [2.45, 2.75) is 91.0 Å². The molecule has 2 aromatic rings. The van der Waals surface area contributed by atoms with E-state index in [9.17, 15) is 20.1 Å². The van der Waals surface area contributed by atoms with E-state index in [1.807, 2.05) is 20.8 Å². The van der Waals surface area contributed by atoms with E-state index in [1.54, 1.807) is 12.1 Å². The Bertz CT molecular complexity index is 1360. The van der Waals surface area contributed by atoms with Crippen LogP contribution in [0, 0.1) is 31.1 Å². The number of benzene rings is 1. The third kappa shape index (κ3) is 4.57. The van der Waals surface area contributed by atoms with Crippen LogP contribution in [0.1, 0.15) is 69.2 Å². The standard InChI is InChI=1S/C32H40O6/c1-18-10-22(33)15-27-23(18)12-20-14-29(36)32(6)21(17-30(3,4)8-7-9-31(20,5)37-27)13-24-19(2)11-25(34)26(35)16-28(24)38-32/h7-8,10-11,15-16,20-21,29,33,36H,9,12-14,17H2,1-6H3,(H,34,35). The number of rotatable bonds is 0. The first-order valence-electron chi connectivity index (χ1n) is 13.6. The zero-order chi connectivity index (χ0) is 27.6. The molecule has 0 amide bonds. The van der Waals surface area contributed by atoms with Crippen molar-refractivity contribution in [1.29, 1.82) is 0 Å². The van der Waals surface area contributed by atoms with Crippen LogP contribution in [-0.2, 0) is 12.8 Å². The van der Waals surface area contributed by atoms with Gasteiger partial charge in [0.15, 0.2) is 5.75 Å². The van der Waals surface area contributed by atoms with Gasteiger partial charge in [-0.3, -0.25) is 4.79 Å². The molecular formula is C32H40O6. The Hall–Kier alpha value is -2.99. The van der Waals surface area contributed by atoms with Crippen LogP contribution in [0.2, 0.25) is 0 Å². The molecule has 204 valence electrons. The van der Waals surface area contributed by atoms with Crippen LogP contribution in [0.15, 0.2) is 41.2 Å². The summed E-state index contributed by atoms with van der Waals surface area (Å²) in [6, 6.07) is 6.33. The Balaban J connectivity index is 1.61. The van der Waals surface area contributed by atoms with E-state index in [2.05, 4.69) is 32.9 Å². The second kappa shape index (κ2) is 9.04. The molecule has 0 saturated heterocycles. The lowest BCUT2D eigenvalue weighted by Crippen LogP contribution is -2.57. The van der Waals surface area contributed by atoms with Crippen LogP contribution in [-0.4, -0.2) is 32.6 Å². The number of hydrogen-bond acceptors (Lipinski definition) is 6. The first-order valence-corrected chi connectivity index (χ1v) is 13.6. The normalized spacial score (nSPS) is 31.8. The van der Waals surface area contributed by atoms with Crippen molar-refractivity contribution in [1.82, 2.24) is 0 Å². The van der Waals surface area contributed by atoms with Gasteiger partial charge in [-0.1, -0.05) is 26.0 Å². The number of phenolic OH excluding ortho intramolecular Hbond substituents is 1. The number of aliphatic hydroxyl groups excluding tert-OH is 1.